The lowest BCUT2D eigenvalue weighted by Gasteiger charge is -2.43. The molecule has 0 bridgehead atoms. The largest absolute Gasteiger partial charge is 0.462 e. The molecule has 5 aliphatic rings. The second-order valence-corrected chi connectivity index (χ2v) is 15.2. The van der Waals surface area contributed by atoms with E-state index in [1.807, 2.05) is 0 Å². The molecule has 8 atom stereocenters. The Balaban J connectivity index is 0.878. The first-order chi connectivity index (χ1) is 26.0. The highest BCUT2D eigenvalue weighted by Gasteiger charge is 2.46. The van der Waals surface area contributed by atoms with E-state index in [0.29, 0.717) is 51.3 Å². The number of ether oxygens (including phenoxy) is 3. The maximum Gasteiger partial charge on any atom is 0.407 e. The zero-order valence-electron chi connectivity index (χ0n) is 31.1. The molecule has 1 unspecified atom stereocenters. The molecular weight excluding hydrogens is 696 g/mol. The zero-order chi connectivity index (χ0) is 38.4. The van der Waals surface area contributed by atoms with E-state index in [2.05, 4.69) is 48.0 Å². The van der Waals surface area contributed by atoms with Crippen LogP contribution < -0.4 is 16.0 Å². The molecule has 14 heteroatoms. The third-order valence-corrected chi connectivity index (χ3v) is 11.1. The summed E-state index contributed by atoms with van der Waals surface area (Å²) < 4.78 is 17.3. The Labute approximate surface area is 315 Å². The first-order valence-corrected chi connectivity index (χ1v) is 19.4. The molecule has 2 aliphatic carbocycles. The van der Waals surface area contributed by atoms with Gasteiger partial charge in [-0.3, -0.25) is 34.2 Å². The molecule has 0 saturated carbocycles. The van der Waals surface area contributed by atoms with Crippen molar-refractivity contribution in [2.24, 2.45) is 23.7 Å². The number of benzene rings is 1. The molecule has 2 saturated heterocycles. The Bertz CT molecular complexity index is 1670. The SMILES string of the molecule is C[C@H]1C=C2C=C[C@H](C)[C@H](CC[C@@H]3C[C@@H](O)CC(=O)O3)[C@H]2[C@@H](OC(=O)NCCCOCCCCNc2cccc3c2C(=O)N(C2CCC(=O)NC2=O)C3=O)C1. The number of unbranched alkanes of at least 4 members (excludes halogenated alkanes) is 1. The summed E-state index contributed by atoms with van der Waals surface area (Å²) in [5.74, 6) is -1.71. The van der Waals surface area contributed by atoms with E-state index in [-0.39, 0.29) is 72.2 Å². The third-order valence-electron chi connectivity index (χ3n) is 11.1. The Kier molecular flexibility index (Phi) is 12.8. The molecule has 5 amide bonds. The second-order valence-electron chi connectivity index (χ2n) is 15.2. The number of rotatable bonds is 15. The molecule has 292 valence electrons. The van der Waals surface area contributed by atoms with Crippen molar-refractivity contribution in [2.75, 3.05) is 31.6 Å². The number of cyclic esters (lactones) is 1. The number of allylic oxidation sites excluding steroid dienone is 3. The normalized spacial score (nSPS) is 29.2. The lowest BCUT2D eigenvalue weighted by atomic mass is 9.65. The molecule has 4 N–H and O–H groups in total. The van der Waals surface area contributed by atoms with Crippen molar-refractivity contribution in [3.05, 3.63) is 53.1 Å². The first-order valence-electron chi connectivity index (χ1n) is 19.4. The molecule has 1 aromatic rings. The monoisotopic (exact) mass is 748 g/mol. The van der Waals surface area contributed by atoms with E-state index in [1.54, 1.807) is 18.2 Å². The fourth-order valence-electron chi connectivity index (χ4n) is 8.50. The van der Waals surface area contributed by atoms with Gasteiger partial charge in [0.15, 0.2) is 0 Å². The van der Waals surface area contributed by atoms with Crippen LogP contribution in [0.25, 0.3) is 0 Å². The van der Waals surface area contributed by atoms with Crippen LogP contribution in [0.2, 0.25) is 0 Å². The van der Waals surface area contributed by atoms with Crippen molar-refractivity contribution in [1.29, 1.82) is 0 Å². The number of hydrogen-bond donors (Lipinski definition) is 4. The smallest absolute Gasteiger partial charge is 0.407 e. The van der Waals surface area contributed by atoms with E-state index >= 15 is 0 Å². The van der Waals surface area contributed by atoms with Crippen molar-refractivity contribution in [2.45, 2.75) is 102 Å². The fourth-order valence-corrected chi connectivity index (χ4v) is 8.50. The highest BCUT2D eigenvalue weighted by atomic mass is 16.6. The van der Waals surface area contributed by atoms with Gasteiger partial charge < -0.3 is 30.0 Å². The van der Waals surface area contributed by atoms with Crippen LogP contribution in [0.4, 0.5) is 10.5 Å². The highest BCUT2D eigenvalue weighted by molar-refractivity contribution is 6.25. The fraction of sp³-hybridized carbons (Fsp3) is 0.600. The number of fused-ring (bicyclic) bond motifs is 2. The second kappa shape index (κ2) is 17.7. The van der Waals surface area contributed by atoms with Crippen LogP contribution in [0.3, 0.4) is 0 Å². The summed E-state index contributed by atoms with van der Waals surface area (Å²) in [7, 11) is 0. The molecule has 3 heterocycles. The molecular formula is C40H52N4O10. The quantitative estimate of drug-likeness (QED) is 0.115. The molecule has 1 aromatic carbocycles. The number of imide groups is 2. The van der Waals surface area contributed by atoms with E-state index in [4.69, 9.17) is 14.2 Å². The van der Waals surface area contributed by atoms with Gasteiger partial charge in [-0.2, -0.15) is 0 Å². The van der Waals surface area contributed by atoms with Gasteiger partial charge >= 0.3 is 12.1 Å². The summed E-state index contributed by atoms with van der Waals surface area (Å²) in [6, 6.07) is 3.97. The average Bonchev–Trinajstić information content (AvgIpc) is 3.37. The Morgan fingerprint density at radius 1 is 1.02 bits per heavy atom. The summed E-state index contributed by atoms with van der Waals surface area (Å²) in [5.41, 5.74) is 2.18. The van der Waals surface area contributed by atoms with Gasteiger partial charge in [-0.1, -0.05) is 38.1 Å². The number of alkyl carbamates (subject to hydrolysis) is 1. The summed E-state index contributed by atoms with van der Waals surface area (Å²) in [5, 5.41) is 18.4. The van der Waals surface area contributed by atoms with Gasteiger partial charge in [0, 0.05) is 50.8 Å². The van der Waals surface area contributed by atoms with E-state index < -0.39 is 41.9 Å². The standard InChI is InChI=1S/C40H52N4O10/c1-23-19-25-10-9-24(2)28(12-11-27-21-26(45)22-34(47)53-27)35(25)32(20-23)54-40(51)42-16-6-18-52-17-4-3-15-41-30-8-5-7-29-36(30)39(50)44(38(29)49)31-13-14-33(46)43-37(31)48/h5,7-10,19,23-24,26-28,31-32,35,41,45H,3-4,6,11-18,20-22H2,1-2H3,(H,42,51)(H,43,46,48)/t23-,24-,26+,27+,28-,31?,32-,35-/m0/s1. The maximum atomic E-state index is 13.3. The number of nitrogens with one attached hydrogen (secondary N) is 3. The molecule has 0 aromatic heterocycles. The summed E-state index contributed by atoms with van der Waals surface area (Å²) in [6.07, 6.45) is 9.92. The molecule has 0 radical (unpaired) electrons. The van der Waals surface area contributed by atoms with Gasteiger partial charge in [0.1, 0.15) is 18.2 Å². The van der Waals surface area contributed by atoms with Crippen LogP contribution in [0.1, 0.15) is 98.8 Å². The lowest BCUT2D eigenvalue weighted by molar-refractivity contribution is -0.160. The van der Waals surface area contributed by atoms with Crippen molar-refractivity contribution in [3.8, 4) is 0 Å². The minimum Gasteiger partial charge on any atom is -0.462 e. The number of anilines is 1. The van der Waals surface area contributed by atoms with Gasteiger partial charge in [0.2, 0.25) is 11.8 Å². The van der Waals surface area contributed by atoms with Crippen molar-refractivity contribution in [3.63, 3.8) is 0 Å². The number of carbonyl (C=O) groups excluding carboxylic acids is 6. The van der Waals surface area contributed by atoms with Crippen molar-refractivity contribution >= 4 is 41.4 Å². The molecule has 54 heavy (non-hydrogen) atoms. The van der Waals surface area contributed by atoms with Crippen molar-refractivity contribution in [1.82, 2.24) is 15.5 Å². The molecule has 0 spiro atoms. The highest BCUT2D eigenvalue weighted by Crippen LogP contribution is 2.45. The van der Waals surface area contributed by atoms with Crippen molar-refractivity contribution < 1.29 is 48.1 Å². The Morgan fingerprint density at radius 2 is 1.83 bits per heavy atom. The lowest BCUT2D eigenvalue weighted by Crippen LogP contribution is -2.54. The summed E-state index contributed by atoms with van der Waals surface area (Å²) >= 11 is 0. The average molecular weight is 749 g/mol. The van der Waals surface area contributed by atoms with Crippen LogP contribution in [0, 0.1) is 23.7 Å². The van der Waals surface area contributed by atoms with Crippen LogP contribution in [0.15, 0.2) is 42.0 Å². The molecule has 3 aliphatic heterocycles. The van der Waals surface area contributed by atoms with Gasteiger partial charge in [0.05, 0.1) is 23.7 Å². The van der Waals surface area contributed by atoms with Crippen LogP contribution >= 0.6 is 0 Å². The number of aliphatic hydroxyl groups excluding tert-OH is 1. The number of aliphatic hydroxyl groups is 1. The van der Waals surface area contributed by atoms with E-state index in [9.17, 15) is 33.9 Å². The molecule has 14 nitrogen and oxygen atoms in total. The van der Waals surface area contributed by atoms with E-state index in [0.717, 1.165) is 30.6 Å². The minimum absolute atomic E-state index is 0.0482. The van der Waals surface area contributed by atoms with Gasteiger partial charge in [-0.05, 0) is 80.4 Å². The van der Waals surface area contributed by atoms with Crippen LogP contribution in [0.5, 0.6) is 0 Å². The van der Waals surface area contributed by atoms with Gasteiger partial charge in [0.25, 0.3) is 11.8 Å². The Morgan fingerprint density at radius 3 is 2.63 bits per heavy atom. The Hall–Kier alpha value is -4.56. The van der Waals surface area contributed by atoms with Gasteiger partial charge in [-0.25, -0.2) is 4.79 Å². The van der Waals surface area contributed by atoms with Gasteiger partial charge in [-0.15, -0.1) is 0 Å². The summed E-state index contributed by atoms with van der Waals surface area (Å²) in [4.78, 5) is 76.0. The number of nitrogens with zero attached hydrogens (tertiary/aromatic N) is 1. The van der Waals surface area contributed by atoms with Crippen LogP contribution in [-0.4, -0.2) is 96.4 Å². The predicted octanol–water partition coefficient (Wildman–Crippen LogP) is 4.03. The number of hydrogen-bond acceptors (Lipinski definition) is 11. The zero-order valence-corrected chi connectivity index (χ0v) is 31.1. The number of esters is 1. The minimum atomic E-state index is -1.01. The number of piperidine rings is 1. The molecule has 6 rings (SSSR count). The maximum absolute atomic E-state index is 13.3. The number of amides is 5. The van der Waals surface area contributed by atoms with Crippen LogP contribution in [-0.2, 0) is 28.6 Å². The topological polar surface area (TPSA) is 190 Å². The summed E-state index contributed by atoms with van der Waals surface area (Å²) in [6.45, 7) is 6.23. The van der Waals surface area contributed by atoms with E-state index in [1.165, 1.54) is 5.57 Å². The number of carbonyl (C=O) groups is 6. The predicted molar refractivity (Wildman–Crippen MR) is 196 cm³/mol. The third kappa shape index (κ3) is 9.20. The molecule has 2 fully saturated rings. The first kappa shape index (κ1) is 39.1.